The molecule has 1 aromatic heterocycles. The van der Waals surface area contributed by atoms with E-state index in [-0.39, 0.29) is 12.1 Å². The minimum absolute atomic E-state index is 0.224. The first-order valence-corrected chi connectivity index (χ1v) is 7.50. The van der Waals surface area contributed by atoms with Gasteiger partial charge in [-0.05, 0) is 54.2 Å². The van der Waals surface area contributed by atoms with E-state index in [4.69, 9.17) is 10.5 Å². The lowest BCUT2D eigenvalue weighted by molar-refractivity contribution is 0.0725. The molecule has 2 N–H and O–H groups in total. The zero-order chi connectivity index (χ0) is 14.4. The van der Waals surface area contributed by atoms with Crippen molar-refractivity contribution in [2.45, 2.75) is 38.3 Å². The van der Waals surface area contributed by atoms with Crippen molar-refractivity contribution in [1.82, 2.24) is 20.2 Å². The number of rotatable bonds is 3. The van der Waals surface area contributed by atoms with E-state index in [2.05, 4.69) is 15.5 Å². The molecule has 1 aromatic carbocycles. The number of aryl methyl sites for hydroxylation is 1. The minimum Gasteiger partial charge on any atom is -0.398 e. The Labute approximate surface area is 123 Å². The third kappa shape index (κ3) is 2.10. The summed E-state index contributed by atoms with van der Waals surface area (Å²) in [5.41, 5.74) is 8.89. The Hall–Kier alpha value is -1.95. The first kappa shape index (κ1) is 12.8. The molecule has 2 atom stereocenters. The lowest BCUT2D eigenvalue weighted by atomic mass is 10.0. The van der Waals surface area contributed by atoms with Gasteiger partial charge in [0.2, 0.25) is 0 Å². The second kappa shape index (κ2) is 4.80. The highest BCUT2D eigenvalue weighted by molar-refractivity contribution is 5.74. The van der Waals surface area contributed by atoms with Gasteiger partial charge in [-0.3, -0.25) is 0 Å². The van der Waals surface area contributed by atoms with E-state index in [0.717, 1.165) is 30.0 Å². The van der Waals surface area contributed by atoms with Crippen LogP contribution in [-0.4, -0.2) is 32.9 Å². The highest BCUT2D eigenvalue weighted by Crippen LogP contribution is 2.44. The standard InChI is InChI=1S/C15H19N5O/c1-9-3-2-4-11(16)13(9)15-17-18-19-20(15)12-7-8-21-14(12)10-5-6-10/h2-4,10,12,14H,5-8,16H2,1H3. The predicted octanol–water partition coefficient (Wildman–Crippen LogP) is 1.97. The van der Waals surface area contributed by atoms with Gasteiger partial charge in [-0.15, -0.1) is 5.10 Å². The lowest BCUT2D eigenvalue weighted by Gasteiger charge is -2.20. The fraction of sp³-hybridized carbons (Fsp3) is 0.533. The zero-order valence-corrected chi connectivity index (χ0v) is 12.1. The molecule has 0 spiro atoms. The Morgan fingerprint density at radius 3 is 2.90 bits per heavy atom. The summed E-state index contributed by atoms with van der Waals surface area (Å²) in [5, 5.41) is 12.4. The van der Waals surface area contributed by atoms with E-state index in [1.165, 1.54) is 12.8 Å². The van der Waals surface area contributed by atoms with Crippen LogP contribution in [0.1, 0.15) is 30.9 Å². The molecule has 1 saturated heterocycles. The number of ether oxygens (including phenoxy) is 1. The quantitative estimate of drug-likeness (QED) is 0.872. The van der Waals surface area contributed by atoms with E-state index in [1.807, 2.05) is 29.8 Å². The van der Waals surface area contributed by atoms with Gasteiger partial charge in [0.1, 0.15) is 0 Å². The van der Waals surface area contributed by atoms with Crippen LogP contribution in [-0.2, 0) is 4.74 Å². The molecule has 4 rings (SSSR count). The average Bonchev–Trinajstić information content (AvgIpc) is 3.00. The zero-order valence-electron chi connectivity index (χ0n) is 12.1. The fourth-order valence-electron chi connectivity index (χ4n) is 3.31. The topological polar surface area (TPSA) is 78.9 Å². The Morgan fingerprint density at radius 1 is 1.29 bits per heavy atom. The lowest BCUT2D eigenvalue weighted by Crippen LogP contribution is -2.24. The Bertz CT molecular complexity index is 644. The van der Waals surface area contributed by atoms with Crippen LogP contribution in [0.3, 0.4) is 0 Å². The number of tetrazole rings is 1. The van der Waals surface area contributed by atoms with E-state index >= 15 is 0 Å². The molecule has 2 unspecified atom stereocenters. The maximum atomic E-state index is 6.15. The molecule has 2 heterocycles. The molecule has 6 heteroatoms. The molecule has 1 aliphatic carbocycles. The highest BCUT2D eigenvalue weighted by Gasteiger charge is 2.43. The summed E-state index contributed by atoms with van der Waals surface area (Å²) in [4.78, 5) is 0. The first-order valence-electron chi connectivity index (χ1n) is 7.50. The van der Waals surface area contributed by atoms with Crippen molar-refractivity contribution in [2.75, 3.05) is 12.3 Å². The molecule has 0 amide bonds. The van der Waals surface area contributed by atoms with Crippen LogP contribution in [0, 0.1) is 12.8 Å². The summed E-state index contributed by atoms with van der Waals surface area (Å²) in [6.07, 6.45) is 3.72. The molecule has 2 aliphatic rings. The molecule has 6 nitrogen and oxygen atoms in total. The van der Waals surface area contributed by atoms with Crippen molar-refractivity contribution in [1.29, 1.82) is 0 Å². The summed E-state index contributed by atoms with van der Waals surface area (Å²) in [6.45, 7) is 2.82. The summed E-state index contributed by atoms with van der Waals surface area (Å²) in [6, 6.07) is 6.11. The van der Waals surface area contributed by atoms with Gasteiger partial charge >= 0.3 is 0 Å². The maximum Gasteiger partial charge on any atom is 0.184 e. The highest BCUT2D eigenvalue weighted by atomic mass is 16.5. The van der Waals surface area contributed by atoms with Gasteiger partial charge in [-0.25, -0.2) is 4.68 Å². The van der Waals surface area contributed by atoms with Gasteiger partial charge in [0.15, 0.2) is 5.82 Å². The van der Waals surface area contributed by atoms with Gasteiger partial charge in [0, 0.05) is 17.9 Å². The van der Waals surface area contributed by atoms with Gasteiger partial charge < -0.3 is 10.5 Å². The van der Waals surface area contributed by atoms with Crippen molar-refractivity contribution in [3.63, 3.8) is 0 Å². The average molecular weight is 285 g/mol. The van der Waals surface area contributed by atoms with E-state index < -0.39 is 0 Å². The van der Waals surface area contributed by atoms with E-state index in [0.29, 0.717) is 11.6 Å². The molecule has 1 aliphatic heterocycles. The Morgan fingerprint density at radius 2 is 2.14 bits per heavy atom. The Balaban J connectivity index is 1.77. The molecule has 21 heavy (non-hydrogen) atoms. The van der Waals surface area contributed by atoms with Crippen LogP contribution in [0.4, 0.5) is 5.69 Å². The molecular formula is C15H19N5O. The van der Waals surface area contributed by atoms with E-state index in [1.54, 1.807) is 0 Å². The SMILES string of the molecule is Cc1cccc(N)c1-c1nnnn1C1CCOC1C1CC1. The third-order valence-electron chi connectivity index (χ3n) is 4.53. The smallest absolute Gasteiger partial charge is 0.184 e. The molecule has 110 valence electrons. The van der Waals surface area contributed by atoms with Crippen LogP contribution < -0.4 is 5.73 Å². The van der Waals surface area contributed by atoms with Gasteiger partial charge in [-0.2, -0.15) is 0 Å². The van der Waals surface area contributed by atoms with Crippen molar-refractivity contribution in [3.05, 3.63) is 23.8 Å². The van der Waals surface area contributed by atoms with Crippen molar-refractivity contribution >= 4 is 5.69 Å². The number of aromatic nitrogens is 4. The summed E-state index contributed by atoms with van der Waals surface area (Å²) in [7, 11) is 0. The molecular weight excluding hydrogens is 266 g/mol. The number of hydrogen-bond donors (Lipinski definition) is 1. The molecule has 1 saturated carbocycles. The minimum atomic E-state index is 0.224. The van der Waals surface area contributed by atoms with Crippen LogP contribution in [0.25, 0.3) is 11.4 Å². The second-order valence-electron chi connectivity index (χ2n) is 6.02. The molecule has 0 bridgehead atoms. The number of nitrogen functional groups attached to an aromatic ring is 1. The monoisotopic (exact) mass is 285 g/mol. The molecule has 0 radical (unpaired) electrons. The molecule has 2 fully saturated rings. The van der Waals surface area contributed by atoms with Crippen LogP contribution in [0.5, 0.6) is 0 Å². The fourth-order valence-corrected chi connectivity index (χ4v) is 3.31. The Kier molecular flexibility index (Phi) is 2.92. The van der Waals surface area contributed by atoms with Crippen LogP contribution in [0.15, 0.2) is 18.2 Å². The van der Waals surface area contributed by atoms with Gasteiger partial charge in [0.05, 0.1) is 12.1 Å². The largest absolute Gasteiger partial charge is 0.398 e. The van der Waals surface area contributed by atoms with Gasteiger partial charge in [0.25, 0.3) is 0 Å². The van der Waals surface area contributed by atoms with Crippen molar-refractivity contribution in [3.8, 4) is 11.4 Å². The number of nitrogens with zero attached hydrogens (tertiary/aromatic N) is 4. The van der Waals surface area contributed by atoms with Gasteiger partial charge in [-0.1, -0.05) is 12.1 Å². The van der Waals surface area contributed by atoms with Crippen molar-refractivity contribution < 1.29 is 4.74 Å². The van der Waals surface area contributed by atoms with E-state index in [9.17, 15) is 0 Å². The number of anilines is 1. The molecule has 2 aromatic rings. The van der Waals surface area contributed by atoms with Crippen LogP contribution >= 0.6 is 0 Å². The number of hydrogen-bond acceptors (Lipinski definition) is 5. The number of nitrogens with two attached hydrogens (primary N) is 1. The summed E-state index contributed by atoms with van der Waals surface area (Å²) < 4.78 is 7.84. The van der Waals surface area contributed by atoms with Crippen LogP contribution in [0.2, 0.25) is 0 Å². The maximum absolute atomic E-state index is 6.15. The predicted molar refractivity (Wildman–Crippen MR) is 78.5 cm³/mol. The van der Waals surface area contributed by atoms with Crippen molar-refractivity contribution in [2.24, 2.45) is 5.92 Å². The second-order valence-corrected chi connectivity index (χ2v) is 6.02. The summed E-state index contributed by atoms with van der Waals surface area (Å²) >= 11 is 0. The third-order valence-corrected chi connectivity index (χ3v) is 4.53. The first-order chi connectivity index (χ1) is 10.3. The number of benzene rings is 1. The summed E-state index contributed by atoms with van der Waals surface area (Å²) in [5.74, 6) is 1.43. The normalized spacial score (nSPS) is 25.4.